The Labute approximate surface area is 160 Å². The summed E-state index contributed by atoms with van der Waals surface area (Å²) in [7, 11) is 0. The third-order valence-electron chi connectivity index (χ3n) is 4.24. The lowest BCUT2D eigenvalue weighted by Gasteiger charge is -2.18. The molecule has 1 heterocycles. The molecular formula is C21H14ClNO2S. The number of thioether (sulfide) groups is 1. The Morgan fingerprint density at radius 1 is 0.769 bits per heavy atom. The minimum Gasteiger partial charge on any atom is -0.268 e. The zero-order valence-corrected chi connectivity index (χ0v) is 15.3. The van der Waals surface area contributed by atoms with Crippen LogP contribution in [0.15, 0.2) is 77.7 Å². The smallest absolute Gasteiger partial charge is 0.266 e. The lowest BCUT2D eigenvalue weighted by atomic mass is 10.1. The number of carbonyl (C=O) groups is 2. The number of amides is 2. The van der Waals surface area contributed by atoms with Gasteiger partial charge in [-0.1, -0.05) is 54.1 Å². The Balaban J connectivity index is 1.66. The first-order chi connectivity index (χ1) is 12.7. The van der Waals surface area contributed by atoms with Crippen molar-refractivity contribution in [1.29, 1.82) is 0 Å². The second-order valence-electron chi connectivity index (χ2n) is 5.84. The quantitative estimate of drug-likeness (QED) is 0.448. The molecule has 0 atom stereocenters. The van der Waals surface area contributed by atoms with Crippen molar-refractivity contribution >= 4 is 40.9 Å². The molecule has 128 valence electrons. The van der Waals surface area contributed by atoms with Crippen LogP contribution in [-0.2, 0) is 5.75 Å². The lowest BCUT2D eigenvalue weighted by Crippen LogP contribution is -2.29. The third kappa shape index (κ3) is 2.91. The van der Waals surface area contributed by atoms with Crippen LogP contribution in [0.4, 0.5) is 5.69 Å². The van der Waals surface area contributed by atoms with E-state index in [2.05, 4.69) is 0 Å². The number of anilines is 1. The van der Waals surface area contributed by atoms with E-state index in [1.54, 1.807) is 42.1 Å². The summed E-state index contributed by atoms with van der Waals surface area (Å²) in [5, 5.41) is 0.707. The molecule has 2 amide bonds. The van der Waals surface area contributed by atoms with Gasteiger partial charge < -0.3 is 0 Å². The van der Waals surface area contributed by atoms with Gasteiger partial charge in [0.05, 0.1) is 16.8 Å². The van der Waals surface area contributed by atoms with Gasteiger partial charge in [0, 0.05) is 15.7 Å². The first-order valence-electron chi connectivity index (χ1n) is 8.10. The standard InChI is InChI=1S/C21H14ClNO2S/c22-17-10-4-1-7-14(17)13-26-19-12-6-5-11-18(19)23-20(24)15-8-2-3-9-16(15)21(23)25/h1-12H,13H2. The van der Waals surface area contributed by atoms with Crippen LogP contribution >= 0.6 is 23.4 Å². The average molecular weight is 380 g/mol. The first kappa shape index (κ1) is 16.9. The number of benzene rings is 3. The Hall–Kier alpha value is -2.56. The van der Waals surface area contributed by atoms with E-state index in [4.69, 9.17) is 11.6 Å². The van der Waals surface area contributed by atoms with Crippen LogP contribution in [0.25, 0.3) is 0 Å². The summed E-state index contributed by atoms with van der Waals surface area (Å²) in [6, 6.07) is 22.0. The summed E-state index contributed by atoms with van der Waals surface area (Å²) in [4.78, 5) is 27.7. The van der Waals surface area contributed by atoms with E-state index >= 15 is 0 Å². The van der Waals surface area contributed by atoms with E-state index < -0.39 is 0 Å². The largest absolute Gasteiger partial charge is 0.268 e. The fourth-order valence-corrected chi connectivity index (χ4v) is 4.27. The van der Waals surface area contributed by atoms with Gasteiger partial charge >= 0.3 is 0 Å². The van der Waals surface area contributed by atoms with E-state index in [-0.39, 0.29) is 11.8 Å². The maximum absolute atomic E-state index is 12.8. The summed E-state index contributed by atoms with van der Waals surface area (Å²) in [6.45, 7) is 0. The van der Waals surface area contributed by atoms with Gasteiger partial charge in [-0.2, -0.15) is 0 Å². The van der Waals surface area contributed by atoms with Gasteiger partial charge in [0.2, 0.25) is 0 Å². The minimum absolute atomic E-state index is 0.281. The first-order valence-corrected chi connectivity index (χ1v) is 9.46. The molecule has 0 saturated carbocycles. The molecule has 0 saturated heterocycles. The van der Waals surface area contributed by atoms with Crippen LogP contribution in [0.2, 0.25) is 5.02 Å². The Morgan fingerprint density at radius 2 is 1.35 bits per heavy atom. The van der Waals surface area contributed by atoms with Gasteiger partial charge in [-0.25, -0.2) is 4.90 Å². The van der Waals surface area contributed by atoms with E-state index in [0.717, 1.165) is 10.5 Å². The van der Waals surface area contributed by atoms with Gasteiger partial charge in [0.15, 0.2) is 0 Å². The molecule has 0 bridgehead atoms. The molecule has 3 aromatic carbocycles. The number of carbonyl (C=O) groups excluding carboxylic acids is 2. The SMILES string of the molecule is O=C1c2ccccc2C(=O)N1c1ccccc1SCc1ccccc1Cl. The highest BCUT2D eigenvalue weighted by molar-refractivity contribution is 7.98. The van der Waals surface area contributed by atoms with Crippen molar-refractivity contribution in [1.82, 2.24) is 0 Å². The molecule has 0 unspecified atom stereocenters. The molecule has 4 rings (SSSR count). The van der Waals surface area contributed by atoms with Crippen LogP contribution in [0.3, 0.4) is 0 Å². The number of rotatable bonds is 4. The van der Waals surface area contributed by atoms with Crippen molar-refractivity contribution in [3.63, 3.8) is 0 Å². The highest BCUT2D eigenvalue weighted by Gasteiger charge is 2.37. The second-order valence-corrected chi connectivity index (χ2v) is 7.26. The fraction of sp³-hybridized carbons (Fsp3) is 0.0476. The summed E-state index contributed by atoms with van der Waals surface area (Å²) in [5.74, 6) is 0.0904. The maximum atomic E-state index is 12.8. The Morgan fingerprint density at radius 3 is 2.04 bits per heavy atom. The van der Waals surface area contributed by atoms with Crippen LogP contribution in [-0.4, -0.2) is 11.8 Å². The van der Waals surface area contributed by atoms with E-state index in [1.165, 1.54) is 4.90 Å². The minimum atomic E-state index is -0.281. The van der Waals surface area contributed by atoms with Crippen molar-refractivity contribution in [2.24, 2.45) is 0 Å². The van der Waals surface area contributed by atoms with Crippen molar-refractivity contribution in [2.75, 3.05) is 4.90 Å². The summed E-state index contributed by atoms with van der Waals surface area (Å²) < 4.78 is 0. The van der Waals surface area contributed by atoms with E-state index in [0.29, 0.717) is 27.6 Å². The van der Waals surface area contributed by atoms with Crippen LogP contribution in [0.1, 0.15) is 26.3 Å². The number of fused-ring (bicyclic) bond motifs is 1. The van der Waals surface area contributed by atoms with Crippen molar-refractivity contribution in [3.8, 4) is 0 Å². The number of para-hydroxylation sites is 1. The van der Waals surface area contributed by atoms with Gasteiger partial charge in [0.1, 0.15) is 0 Å². The predicted octanol–water partition coefficient (Wildman–Crippen LogP) is 5.43. The number of hydrogen-bond acceptors (Lipinski definition) is 3. The number of hydrogen-bond donors (Lipinski definition) is 0. The lowest BCUT2D eigenvalue weighted by molar-refractivity contribution is 0.0925. The number of nitrogens with zero attached hydrogens (tertiary/aromatic N) is 1. The monoisotopic (exact) mass is 379 g/mol. The molecule has 0 N–H and O–H groups in total. The molecule has 0 aliphatic carbocycles. The van der Waals surface area contributed by atoms with Gasteiger partial charge in [-0.15, -0.1) is 11.8 Å². The van der Waals surface area contributed by atoms with Gasteiger partial charge in [0.25, 0.3) is 11.8 Å². The molecule has 3 aromatic rings. The van der Waals surface area contributed by atoms with Crippen molar-refractivity contribution in [3.05, 3.63) is 94.5 Å². The molecule has 0 radical (unpaired) electrons. The zero-order chi connectivity index (χ0) is 18.1. The zero-order valence-electron chi connectivity index (χ0n) is 13.7. The van der Waals surface area contributed by atoms with Crippen LogP contribution in [0, 0.1) is 0 Å². The Bertz CT molecular complexity index is 983. The highest BCUT2D eigenvalue weighted by atomic mass is 35.5. The molecule has 3 nitrogen and oxygen atoms in total. The van der Waals surface area contributed by atoms with E-state index in [9.17, 15) is 9.59 Å². The molecule has 5 heteroatoms. The number of imide groups is 1. The van der Waals surface area contributed by atoms with Gasteiger partial charge in [-0.3, -0.25) is 9.59 Å². The molecular weight excluding hydrogens is 366 g/mol. The second kappa shape index (κ2) is 6.98. The molecule has 0 fully saturated rings. The molecule has 0 spiro atoms. The third-order valence-corrected chi connectivity index (χ3v) is 5.72. The molecule has 1 aliphatic heterocycles. The summed E-state index contributed by atoms with van der Waals surface area (Å²) in [5.41, 5.74) is 2.51. The van der Waals surface area contributed by atoms with E-state index in [1.807, 2.05) is 42.5 Å². The summed E-state index contributed by atoms with van der Waals surface area (Å²) in [6.07, 6.45) is 0. The Kier molecular flexibility index (Phi) is 4.53. The fourth-order valence-electron chi connectivity index (χ4n) is 2.94. The normalized spacial score (nSPS) is 13.2. The maximum Gasteiger partial charge on any atom is 0.266 e. The molecule has 26 heavy (non-hydrogen) atoms. The summed E-state index contributed by atoms with van der Waals surface area (Å²) >= 11 is 7.79. The van der Waals surface area contributed by atoms with Crippen LogP contribution < -0.4 is 4.90 Å². The predicted molar refractivity (Wildman–Crippen MR) is 105 cm³/mol. The topological polar surface area (TPSA) is 37.4 Å². The van der Waals surface area contributed by atoms with Crippen LogP contribution in [0.5, 0.6) is 0 Å². The number of halogens is 1. The highest BCUT2D eigenvalue weighted by Crippen LogP contribution is 2.37. The van der Waals surface area contributed by atoms with Crippen molar-refractivity contribution < 1.29 is 9.59 Å². The molecule has 0 aromatic heterocycles. The average Bonchev–Trinajstić information content (AvgIpc) is 2.92. The molecule has 1 aliphatic rings. The van der Waals surface area contributed by atoms with Crippen molar-refractivity contribution in [2.45, 2.75) is 10.6 Å². The van der Waals surface area contributed by atoms with Gasteiger partial charge in [-0.05, 0) is 35.9 Å².